The highest BCUT2D eigenvalue weighted by atomic mass is 32.1. The summed E-state index contributed by atoms with van der Waals surface area (Å²) in [5, 5.41) is 6.78. The standard InChI is InChI=1S/C23H25N7OS/c1-3-11-30(12-10-24-15-31)18-7-9-26-21(14-18)29-23-28-20-5-4-19(27-22(20)32-23)17-6-8-25-16(2)13-17/h4-9,13-15H,3,10-12H2,1-2H3,(H,24,31)(H,26,28,29). The van der Waals surface area contributed by atoms with Gasteiger partial charge in [-0.2, -0.15) is 0 Å². The van der Waals surface area contributed by atoms with Crippen LogP contribution in [-0.2, 0) is 4.79 Å². The average Bonchev–Trinajstić information content (AvgIpc) is 3.20. The molecule has 4 rings (SSSR count). The van der Waals surface area contributed by atoms with Gasteiger partial charge in [0.05, 0.1) is 5.69 Å². The van der Waals surface area contributed by atoms with Crippen molar-refractivity contribution in [2.24, 2.45) is 0 Å². The number of carbonyl (C=O) groups is 1. The van der Waals surface area contributed by atoms with Crippen molar-refractivity contribution < 1.29 is 4.79 Å². The fourth-order valence-corrected chi connectivity index (χ4v) is 4.27. The molecule has 0 saturated carbocycles. The van der Waals surface area contributed by atoms with Gasteiger partial charge in [-0.1, -0.05) is 18.3 Å². The number of nitrogens with one attached hydrogen (secondary N) is 2. The normalized spacial score (nSPS) is 10.8. The summed E-state index contributed by atoms with van der Waals surface area (Å²) in [6, 6.07) is 11.9. The monoisotopic (exact) mass is 447 g/mol. The predicted octanol–water partition coefficient (Wildman–Crippen LogP) is 4.16. The third kappa shape index (κ3) is 5.17. The van der Waals surface area contributed by atoms with Crippen molar-refractivity contribution in [3.05, 3.63) is 54.5 Å². The van der Waals surface area contributed by atoms with Crippen molar-refractivity contribution >= 4 is 44.7 Å². The molecule has 2 N–H and O–H groups in total. The Morgan fingerprint density at radius 2 is 1.94 bits per heavy atom. The Kier molecular flexibility index (Phi) is 6.86. The first kappa shape index (κ1) is 21.6. The van der Waals surface area contributed by atoms with E-state index in [4.69, 9.17) is 4.98 Å². The third-order valence-electron chi connectivity index (χ3n) is 4.89. The summed E-state index contributed by atoms with van der Waals surface area (Å²) in [5.41, 5.74) is 4.79. The van der Waals surface area contributed by atoms with Crippen LogP contribution in [0.2, 0.25) is 0 Å². The molecular weight excluding hydrogens is 422 g/mol. The van der Waals surface area contributed by atoms with E-state index in [9.17, 15) is 4.79 Å². The number of rotatable bonds is 10. The second-order valence-corrected chi connectivity index (χ2v) is 8.29. The summed E-state index contributed by atoms with van der Waals surface area (Å²) < 4.78 is 0. The lowest BCUT2D eigenvalue weighted by atomic mass is 10.1. The van der Waals surface area contributed by atoms with Crippen molar-refractivity contribution in [3.8, 4) is 11.3 Å². The van der Waals surface area contributed by atoms with E-state index >= 15 is 0 Å². The lowest BCUT2D eigenvalue weighted by Gasteiger charge is -2.24. The average molecular weight is 448 g/mol. The van der Waals surface area contributed by atoms with Crippen LogP contribution < -0.4 is 15.5 Å². The second kappa shape index (κ2) is 10.1. The first-order valence-corrected chi connectivity index (χ1v) is 11.3. The van der Waals surface area contributed by atoms with Crippen molar-refractivity contribution in [3.63, 3.8) is 0 Å². The number of thiazole rings is 1. The first-order chi connectivity index (χ1) is 15.7. The molecule has 32 heavy (non-hydrogen) atoms. The van der Waals surface area contributed by atoms with Crippen LogP contribution in [0.1, 0.15) is 19.0 Å². The number of amides is 1. The Balaban J connectivity index is 1.54. The van der Waals surface area contributed by atoms with Crippen LogP contribution in [0.25, 0.3) is 21.6 Å². The Morgan fingerprint density at radius 1 is 1.06 bits per heavy atom. The summed E-state index contributed by atoms with van der Waals surface area (Å²) in [6.07, 6.45) is 5.32. The molecule has 0 bridgehead atoms. The summed E-state index contributed by atoms with van der Waals surface area (Å²) >= 11 is 1.50. The largest absolute Gasteiger partial charge is 0.370 e. The maximum atomic E-state index is 10.6. The van der Waals surface area contributed by atoms with Gasteiger partial charge in [-0.3, -0.25) is 9.78 Å². The van der Waals surface area contributed by atoms with Gasteiger partial charge in [-0.05, 0) is 43.7 Å². The van der Waals surface area contributed by atoms with Gasteiger partial charge in [-0.15, -0.1) is 0 Å². The zero-order chi connectivity index (χ0) is 22.3. The minimum atomic E-state index is 0.595. The maximum Gasteiger partial charge on any atom is 0.207 e. The Morgan fingerprint density at radius 3 is 2.75 bits per heavy atom. The van der Waals surface area contributed by atoms with Crippen molar-refractivity contribution in [2.45, 2.75) is 20.3 Å². The minimum Gasteiger partial charge on any atom is -0.370 e. The summed E-state index contributed by atoms with van der Waals surface area (Å²) in [4.78, 5) is 31.8. The van der Waals surface area contributed by atoms with Crippen LogP contribution >= 0.6 is 11.3 Å². The number of aryl methyl sites for hydroxylation is 1. The smallest absolute Gasteiger partial charge is 0.207 e. The molecule has 0 radical (unpaired) electrons. The van der Waals surface area contributed by atoms with Gasteiger partial charge < -0.3 is 15.5 Å². The fourth-order valence-electron chi connectivity index (χ4n) is 3.43. The number of nitrogens with zero attached hydrogens (tertiary/aromatic N) is 5. The van der Waals surface area contributed by atoms with Gasteiger partial charge in [0.2, 0.25) is 6.41 Å². The van der Waals surface area contributed by atoms with Crippen LogP contribution in [0.5, 0.6) is 0 Å². The molecular formula is C23H25N7OS. The van der Waals surface area contributed by atoms with Gasteiger partial charge in [0, 0.05) is 55.0 Å². The molecule has 0 aliphatic rings. The molecule has 164 valence electrons. The van der Waals surface area contributed by atoms with Crippen molar-refractivity contribution in [1.29, 1.82) is 0 Å². The molecule has 0 atom stereocenters. The number of carbonyl (C=O) groups excluding carboxylic acids is 1. The highest BCUT2D eigenvalue weighted by molar-refractivity contribution is 7.21. The number of aromatic nitrogens is 4. The number of pyridine rings is 3. The molecule has 0 fully saturated rings. The number of hydrogen-bond acceptors (Lipinski definition) is 8. The quantitative estimate of drug-likeness (QED) is 0.278. The minimum absolute atomic E-state index is 0.595. The Bertz CT molecular complexity index is 1210. The molecule has 0 aliphatic heterocycles. The molecule has 4 aromatic heterocycles. The molecule has 0 unspecified atom stereocenters. The van der Waals surface area contributed by atoms with Gasteiger partial charge in [0.15, 0.2) is 5.13 Å². The molecule has 0 aliphatic carbocycles. The van der Waals surface area contributed by atoms with Crippen LogP contribution in [0.15, 0.2) is 48.8 Å². The second-order valence-electron chi connectivity index (χ2n) is 7.31. The van der Waals surface area contributed by atoms with Crippen LogP contribution in [0.3, 0.4) is 0 Å². The Labute approximate surface area is 190 Å². The fraction of sp³-hybridized carbons (Fsp3) is 0.261. The molecule has 0 aromatic carbocycles. The first-order valence-electron chi connectivity index (χ1n) is 10.5. The summed E-state index contributed by atoms with van der Waals surface area (Å²) in [6.45, 7) is 6.33. The van der Waals surface area contributed by atoms with Gasteiger partial charge in [-0.25, -0.2) is 15.0 Å². The van der Waals surface area contributed by atoms with E-state index in [2.05, 4.69) is 37.4 Å². The molecule has 0 saturated heterocycles. The lowest BCUT2D eigenvalue weighted by molar-refractivity contribution is -0.109. The van der Waals surface area contributed by atoms with E-state index < -0.39 is 0 Å². The van der Waals surface area contributed by atoms with Crippen LogP contribution in [-0.4, -0.2) is 46.0 Å². The highest BCUT2D eigenvalue weighted by Crippen LogP contribution is 2.30. The summed E-state index contributed by atoms with van der Waals surface area (Å²) in [5.74, 6) is 0.719. The number of hydrogen-bond donors (Lipinski definition) is 2. The van der Waals surface area contributed by atoms with E-state index in [0.29, 0.717) is 6.54 Å². The maximum absolute atomic E-state index is 10.6. The van der Waals surface area contributed by atoms with E-state index in [1.165, 1.54) is 11.3 Å². The highest BCUT2D eigenvalue weighted by Gasteiger charge is 2.11. The lowest BCUT2D eigenvalue weighted by Crippen LogP contribution is -2.32. The van der Waals surface area contributed by atoms with Gasteiger partial charge in [0.1, 0.15) is 16.2 Å². The van der Waals surface area contributed by atoms with Crippen molar-refractivity contribution in [1.82, 2.24) is 25.3 Å². The predicted molar refractivity (Wildman–Crippen MR) is 129 cm³/mol. The zero-order valence-corrected chi connectivity index (χ0v) is 18.9. The number of fused-ring (bicyclic) bond motifs is 1. The summed E-state index contributed by atoms with van der Waals surface area (Å²) in [7, 11) is 0. The Hall–Kier alpha value is -3.59. The van der Waals surface area contributed by atoms with Gasteiger partial charge >= 0.3 is 0 Å². The number of anilines is 3. The molecule has 4 heterocycles. The van der Waals surface area contributed by atoms with Crippen molar-refractivity contribution in [2.75, 3.05) is 29.9 Å². The van der Waals surface area contributed by atoms with Crippen LogP contribution in [0, 0.1) is 6.92 Å². The molecule has 1 amide bonds. The molecule has 8 nitrogen and oxygen atoms in total. The van der Waals surface area contributed by atoms with Gasteiger partial charge in [0.25, 0.3) is 0 Å². The molecule has 0 spiro atoms. The zero-order valence-electron chi connectivity index (χ0n) is 18.1. The van der Waals surface area contributed by atoms with E-state index in [1.54, 1.807) is 12.4 Å². The molecule has 4 aromatic rings. The van der Waals surface area contributed by atoms with E-state index in [-0.39, 0.29) is 0 Å². The topological polar surface area (TPSA) is 95.9 Å². The van der Waals surface area contributed by atoms with Crippen LogP contribution in [0.4, 0.5) is 16.6 Å². The molecule has 9 heteroatoms. The van der Waals surface area contributed by atoms with E-state index in [1.807, 2.05) is 43.3 Å². The third-order valence-corrected chi connectivity index (χ3v) is 5.78. The SMILES string of the molecule is CCCN(CCNC=O)c1ccnc(Nc2nc3ccc(-c4ccnc(C)c4)nc3s2)c1. The van der Waals surface area contributed by atoms with E-state index in [0.717, 1.165) is 69.9 Å².